The molecule has 0 radical (unpaired) electrons. The maximum atomic E-state index is 14.7. The fourth-order valence-corrected chi connectivity index (χ4v) is 5.38. The van der Waals surface area contributed by atoms with Crippen molar-refractivity contribution in [1.82, 2.24) is 0 Å². The quantitative estimate of drug-likeness (QED) is 0.582. The third-order valence-corrected chi connectivity index (χ3v) is 6.93. The normalized spacial score (nSPS) is 50.7. The van der Waals surface area contributed by atoms with Crippen molar-refractivity contribution in [2.75, 3.05) is 0 Å². The van der Waals surface area contributed by atoms with Gasteiger partial charge in [-0.05, 0) is 81.0 Å². The van der Waals surface area contributed by atoms with Crippen molar-refractivity contribution < 1.29 is 13.2 Å². The Balaban J connectivity index is 1.52. The van der Waals surface area contributed by atoms with E-state index >= 15 is 0 Å². The van der Waals surface area contributed by atoms with Crippen molar-refractivity contribution in [3.8, 4) is 0 Å². The van der Waals surface area contributed by atoms with Gasteiger partial charge in [-0.15, -0.1) is 0 Å². The van der Waals surface area contributed by atoms with Crippen LogP contribution in [0.3, 0.4) is 0 Å². The Morgan fingerprint density at radius 2 is 1.14 bits per heavy atom. The highest BCUT2D eigenvalue weighted by Crippen LogP contribution is 2.46. The van der Waals surface area contributed by atoms with E-state index in [-0.39, 0.29) is 18.3 Å². The lowest BCUT2D eigenvalue weighted by Crippen LogP contribution is -2.39. The topological polar surface area (TPSA) is 0 Å². The van der Waals surface area contributed by atoms with Crippen LogP contribution in [0.4, 0.5) is 13.2 Å². The van der Waals surface area contributed by atoms with E-state index in [9.17, 15) is 13.2 Å². The van der Waals surface area contributed by atoms with Crippen molar-refractivity contribution in [1.29, 1.82) is 0 Å². The molecule has 0 aromatic heterocycles. The smallest absolute Gasteiger partial charge is 0.131 e. The molecule has 22 heavy (non-hydrogen) atoms. The third kappa shape index (κ3) is 3.64. The first kappa shape index (κ1) is 16.6. The molecule has 0 spiro atoms. The van der Waals surface area contributed by atoms with Crippen LogP contribution >= 0.6 is 0 Å². The van der Waals surface area contributed by atoms with Gasteiger partial charge in [0.25, 0.3) is 0 Å². The van der Waals surface area contributed by atoms with Crippen LogP contribution in [0.25, 0.3) is 0 Å². The fraction of sp³-hybridized carbons (Fsp3) is 1.00. The molecule has 0 aromatic rings. The zero-order valence-electron chi connectivity index (χ0n) is 13.8. The second-order valence-corrected chi connectivity index (χ2v) is 8.38. The van der Waals surface area contributed by atoms with Gasteiger partial charge in [-0.3, -0.25) is 0 Å². The minimum Gasteiger partial charge on any atom is -0.247 e. The Labute approximate surface area is 133 Å². The summed E-state index contributed by atoms with van der Waals surface area (Å²) in [6, 6.07) is 0. The summed E-state index contributed by atoms with van der Waals surface area (Å²) in [4.78, 5) is 0. The zero-order chi connectivity index (χ0) is 15.7. The highest BCUT2D eigenvalue weighted by atomic mass is 19.2. The van der Waals surface area contributed by atoms with E-state index in [1.54, 1.807) is 0 Å². The second-order valence-electron chi connectivity index (χ2n) is 8.38. The number of hydrogen-bond donors (Lipinski definition) is 0. The number of alkyl halides is 3. The molecular formula is C19H31F3. The van der Waals surface area contributed by atoms with Gasteiger partial charge < -0.3 is 0 Å². The van der Waals surface area contributed by atoms with Crippen molar-refractivity contribution in [3.63, 3.8) is 0 Å². The maximum Gasteiger partial charge on any atom is 0.131 e. The lowest BCUT2D eigenvalue weighted by Gasteiger charge is -2.42. The summed E-state index contributed by atoms with van der Waals surface area (Å²) < 4.78 is 41.6. The van der Waals surface area contributed by atoms with Gasteiger partial charge >= 0.3 is 0 Å². The molecule has 0 N–H and O–H groups in total. The summed E-state index contributed by atoms with van der Waals surface area (Å²) in [5.74, 6) is 2.16. The van der Waals surface area contributed by atoms with Crippen molar-refractivity contribution in [2.45, 2.75) is 89.6 Å². The van der Waals surface area contributed by atoms with E-state index in [1.165, 1.54) is 25.7 Å². The van der Waals surface area contributed by atoms with Crippen LogP contribution in [-0.2, 0) is 0 Å². The van der Waals surface area contributed by atoms with Gasteiger partial charge in [-0.2, -0.15) is 0 Å². The SMILES string of the molecule is CC1CCC([C@@H]2CCC(C3CCC(F)C(F)C3)C(F)C2)CC1. The summed E-state index contributed by atoms with van der Waals surface area (Å²) in [5, 5.41) is 0. The van der Waals surface area contributed by atoms with Crippen LogP contribution in [0.15, 0.2) is 0 Å². The van der Waals surface area contributed by atoms with Crippen LogP contribution in [0.1, 0.15) is 71.1 Å². The van der Waals surface area contributed by atoms with E-state index in [1.807, 2.05) is 0 Å². The molecule has 3 saturated carbocycles. The molecule has 3 heteroatoms. The van der Waals surface area contributed by atoms with Gasteiger partial charge in [0.1, 0.15) is 18.5 Å². The van der Waals surface area contributed by atoms with Gasteiger partial charge in [-0.1, -0.05) is 19.8 Å². The van der Waals surface area contributed by atoms with Gasteiger partial charge in [0.05, 0.1) is 0 Å². The summed E-state index contributed by atoms with van der Waals surface area (Å²) in [6.07, 6.45) is 5.57. The van der Waals surface area contributed by atoms with Gasteiger partial charge in [0, 0.05) is 0 Å². The molecule has 0 saturated heterocycles. The molecule has 0 bridgehead atoms. The lowest BCUT2D eigenvalue weighted by atomic mass is 9.65. The predicted octanol–water partition coefficient (Wildman–Crippen LogP) is 6.04. The lowest BCUT2D eigenvalue weighted by molar-refractivity contribution is 0.00676. The molecule has 3 aliphatic carbocycles. The van der Waals surface area contributed by atoms with Gasteiger partial charge in [0.2, 0.25) is 0 Å². The molecule has 0 aromatic carbocycles. The monoisotopic (exact) mass is 316 g/mol. The van der Waals surface area contributed by atoms with E-state index in [2.05, 4.69) is 6.92 Å². The summed E-state index contributed by atoms with van der Waals surface area (Å²) >= 11 is 0. The van der Waals surface area contributed by atoms with Crippen LogP contribution in [0.2, 0.25) is 0 Å². The summed E-state index contributed by atoms with van der Waals surface area (Å²) in [7, 11) is 0. The Hall–Kier alpha value is -0.210. The first-order chi connectivity index (χ1) is 10.5. The molecule has 6 atom stereocenters. The molecule has 3 rings (SSSR count). The van der Waals surface area contributed by atoms with Crippen molar-refractivity contribution in [2.24, 2.45) is 29.6 Å². The zero-order valence-corrected chi connectivity index (χ0v) is 13.8. The van der Waals surface area contributed by atoms with E-state index in [0.29, 0.717) is 31.1 Å². The van der Waals surface area contributed by atoms with Gasteiger partial charge in [0.15, 0.2) is 0 Å². The van der Waals surface area contributed by atoms with Gasteiger partial charge in [-0.25, -0.2) is 13.2 Å². The first-order valence-electron chi connectivity index (χ1n) is 9.46. The highest BCUT2D eigenvalue weighted by Gasteiger charge is 2.42. The number of rotatable bonds is 2. The molecule has 0 nitrogen and oxygen atoms in total. The van der Waals surface area contributed by atoms with Crippen molar-refractivity contribution >= 4 is 0 Å². The number of hydrogen-bond acceptors (Lipinski definition) is 0. The summed E-state index contributed by atoms with van der Waals surface area (Å²) in [6.45, 7) is 2.32. The Kier molecular flexibility index (Phi) is 5.39. The van der Waals surface area contributed by atoms with E-state index < -0.39 is 18.5 Å². The molecule has 0 amide bonds. The van der Waals surface area contributed by atoms with Crippen LogP contribution in [-0.4, -0.2) is 18.5 Å². The average molecular weight is 316 g/mol. The molecule has 0 aliphatic heterocycles. The third-order valence-electron chi connectivity index (χ3n) is 6.93. The molecule has 3 fully saturated rings. The molecule has 5 unspecified atom stereocenters. The maximum absolute atomic E-state index is 14.7. The molecular weight excluding hydrogens is 285 g/mol. The predicted molar refractivity (Wildman–Crippen MR) is 84.0 cm³/mol. The van der Waals surface area contributed by atoms with E-state index in [4.69, 9.17) is 0 Å². The molecule has 128 valence electrons. The Morgan fingerprint density at radius 1 is 0.545 bits per heavy atom. The standard InChI is InChI=1S/C19H31F3/c1-12-2-4-13(5-3-12)14-6-8-16(18(21)10-14)15-7-9-17(20)19(22)11-15/h12-19H,2-11H2,1H3/t12?,13?,14-,15?,16?,17?,18?,19?/m1/s1. The number of halogens is 3. The summed E-state index contributed by atoms with van der Waals surface area (Å²) in [5.41, 5.74) is 0. The molecule has 0 heterocycles. The van der Waals surface area contributed by atoms with Crippen molar-refractivity contribution in [3.05, 3.63) is 0 Å². The highest BCUT2D eigenvalue weighted by molar-refractivity contribution is 4.91. The Morgan fingerprint density at radius 3 is 1.77 bits per heavy atom. The van der Waals surface area contributed by atoms with Crippen LogP contribution in [0.5, 0.6) is 0 Å². The fourth-order valence-electron chi connectivity index (χ4n) is 5.38. The second kappa shape index (κ2) is 7.13. The average Bonchev–Trinajstić information content (AvgIpc) is 2.51. The largest absolute Gasteiger partial charge is 0.247 e. The molecule has 3 aliphatic rings. The Bertz CT molecular complexity index is 351. The van der Waals surface area contributed by atoms with Crippen LogP contribution in [0, 0.1) is 29.6 Å². The minimum atomic E-state index is -1.36. The van der Waals surface area contributed by atoms with E-state index in [0.717, 1.165) is 18.8 Å². The minimum absolute atomic E-state index is 0.00971. The van der Waals surface area contributed by atoms with Crippen LogP contribution < -0.4 is 0 Å². The first-order valence-corrected chi connectivity index (χ1v) is 9.46.